The Bertz CT molecular complexity index is 174. The molecule has 0 unspecified atom stereocenters. The molecular weight excluding hydrogens is 114 g/mol. The van der Waals surface area contributed by atoms with E-state index in [0.717, 1.165) is 12.8 Å². The van der Waals surface area contributed by atoms with Crippen LogP contribution in [-0.4, -0.2) is 11.9 Å². The van der Waals surface area contributed by atoms with Crippen molar-refractivity contribution < 1.29 is 4.79 Å². The Labute approximate surface area is 53.9 Å². The van der Waals surface area contributed by atoms with Crippen LogP contribution < -0.4 is 5.32 Å². The fourth-order valence-electron chi connectivity index (χ4n) is 1.56. The Morgan fingerprint density at radius 2 is 2.56 bits per heavy atom. The van der Waals surface area contributed by atoms with Gasteiger partial charge in [0.15, 0.2) is 0 Å². The van der Waals surface area contributed by atoms with Gasteiger partial charge in [0.25, 0.3) is 0 Å². The highest BCUT2D eigenvalue weighted by molar-refractivity contribution is 5.79. The van der Waals surface area contributed by atoms with Gasteiger partial charge >= 0.3 is 0 Å². The molecule has 1 heterocycles. The van der Waals surface area contributed by atoms with Crippen LogP contribution in [0.1, 0.15) is 12.8 Å². The third kappa shape index (κ3) is 0.661. The molecule has 2 rings (SSSR count). The van der Waals surface area contributed by atoms with E-state index in [-0.39, 0.29) is 5.91 Å². The smallest absolute Gasteiger partial charge is 0.220 e. The van der Waals surface area contributed by atoms with E-state index in [1.165, 1.54) is 0 Å². The minimum absolute atomic E-state index is 0.217. The molecule has 1 aliphatic carbocycles. The van der Waals surface area contributed by atoms with Crippen molar-refractivity contribution >= 4 is 5.91 Å². The predicted molar refractivity (Wildman–Crippen MR) is 33.8 cm³/mol. The van der Waals surface area contributed by atoms with E-state index in [9.17, 15) is 4.79 Å². The number of fused-ring (bicyclic) bond motifs is 1. The monoisotopic (exact) mass is 123 g/mol. The molecule has 0 aromatic heterocycles. The standard InChI is InChI=1S/C7H9NO/c9-7-4-5-2-1-3-6(5)8-7/h1,3,5-6H,2,4H2,(H,8,9)/t5-,6+/m0/s1. The first-order valence-electron chi connectivity index (χ1n) is 3.32. The zero-order valence-electron chi connectivity index (χ0n) is 5.13. The van der Waals surface area contributed by atoms with Crippen LogP contribution in [0.4, 0.5) is 0 Å². The van der Waals surface area contributed by atoms with E-state index in [2.05, 4.69) is 17.5 Å². The van der Waals surface area contributed by atoms with Crippen LogP contribution in [0.15, 0.2) is 12.2 Å². The maximum atomic E-state index is 10.7. The van der Waals surface area contributed by atoms with Crippen molar-refractivity contribution in [3.8, 4) is 0 Å². The summed E-state index contributed by atoms with van der Waals surface area (Å²) in [5.41, 5.74) is 0. The van der Waals surface area contributed by atoms with Crippen molar-refractivity contribution in [1.29, 1.82) is 0 Å². The lowest BCUT2D eigenvalue weighted by Gasteiger charge is -2.03. The van der Waals surface area contributed by atoms with Gasteiger partial charge < -0.3 is 5.32 Å². The Morgan fingerprint density at radius 3 is 3.33 bits per heavy atom. The van der Waals surface area contributed by atoms with Gasteiger partial charge in [0.05, 0.1) is 6.04 Å². The van der Waals surface area contributed by atoms with E-state index in [0.29, 0.717) is 12.0 Å². The third-order valence-electron chi connectivity index (χ3n) is 2.07. The Hall–Kier alpha value is -0.790. The quantitative estimate of drug-likeness (QED) is 0.465. The first-order chi connectivity index (χ1) is 4.36. The summed E-state index contributed by atoms with van der Waals surface area (Å²) in [5.74, 6) is 0.798. The predicted octanol–water partition coefficient (Wildman–Crippen LogP) is 0.451. The number of carbonyl (C=O) groups excluding carboxylic acids is 1. The normalized spacial score (nSPS) is 38.9. The molecule has 0 bridgehead atoms. The molecule has 0 aromatic carbocycles. The molecule has 2 heteroatoms. The summed E-state index contributed by atoms with van der Waals surface area (Å²) >= 11 is 0. The molecule has 0 saturated carbocycles. The van der Waals surface area contributed by atoms with E-state index >= 15 is 0 Å². The summed E-state index contributed by atoms with van der Waals surface area (Å²) in [5, 5.41) is 2.89. The maximum Gasteiger partial charge on any atom is 0.220 e. The van der Waals surface area contributed by atoms with Gasteiger partial charge in [-0.3, -0.25) is 4.79 Å². The maximum absolute atomic E-state index is 10.7. The number of hydrogen-bond acceptors (Lipinski definition) is 1. The van der Waals surface area contributed by atoms with Gasteiger partial charge in [-0.1, -0.05) is 12.2 Å². The van der Waals surface area contributed by atoms with E-state index < -0.39 is 0 Å². The van der Waals surface area contributed by atoms with Crippen molar-refractivity contribution in [2.45, 2.75) is 18.9 Å². The highest BCUT2D eigenvalue weighted by Gasteiger charge is 2.32. The van der Waals surface area contributed by atoms with Gasteiger partial charge in [-0.2, -0.15) is 0 Å². The Balaban J connectivity index is 2.17. The average molecular weight is 123 g/mol. The average Bonchev–Trinajstić information content (AvgIpc) is 2.22. The lowest BCUT2D eigenvalue weighted by Crippen LogP contribution is -2.24. The molecule has 0 aromatic rings. The molecule has 0 spiro atoms. The van der Waals surface area contributed by atoms with Crippen molar-refractivity contribution in [2.24, 2.45) is 5.92 Å². The van der Waals surface area contributed by atoms with Crippen LogP contribution in [0.2, 0.25) is 0 Å². The van der Waals surface area contributed by atoms with Crippen molar-refractivity contribution in [3.63, 3.8) is 0 Å². The topological polar surface area (TPSA) is 29.1 Å². The number of allylic oxidation sites excluding steroid dienone is 1. The van der Waals surface area contributed by atoms with Crippen LogP contribution in [0.3, 0.4) is 0 Å². The van der Waals surface area contributed by atoms with Gasteiger partial charge in [-0.05, 0) is 12.3 Å². The number of hydrogen-bond donors (Lipinski definition) is 1. The second-order valence-corrected chi connectivity index (χ2v) is 2.72. The van der Waals surface area contributed by atoms with Gasteiger partial charge in [-0.25, -0.2) is 0 Å². The highest BCUT2D eigenvalue weighted by atomic mass is 16.1. The molecule has 2 aliphatic rings. The van der Waals surface area contributed by atoms with Crippen molar-refractivity contribution in [2.75, 3.05) is 0 Å². The summed E-state index contributed by atoms with van der Waals surface area (Å²) in [6.07, 6.45) is 6.06. The summed E-state index contributed by atoms with van der Waals surface area (Å²) in [7, 11) is 0. The van der Waals surface area contributed by atoms with Gasteiger partial charge in [0.1, 0.15) is 0 Å². The SMILES string of the molecule is O=C1C[C@@H]2CC=C[C@H]2N1. The minimum Gasteiger partial charge on any atom is -0.350 e. The number of carbonyl (C=O) groups is 1. The lowest BCUT2D eigenvalue weighted by molar-refractivity contribution is -0.119. The van der Waals surface area contributed by atoms with Crippen molar-refractivity contribution in [1.82, 2.24) is 5.32 Å². The summed E-state index contributed by atoms with van der Waals surface area (Å²) in [6.45, 7) is 0. The minimum atomic E-state index is 0.217. The first kappa shape index (κ1) is 5.03. The second-order valence-electron chi connectivity index (χ2n) is 2.72. The fraction of sp³-hybridized carbons (Fsp3) is 0.571. The van der Waals surface area contributed by atoms with Crippen LogP contribution in [0.25, 0.3) is 0 Å². The number of rotatable bonds is 0. The van der Waals surface area contributed by atoms with Crippen molar-refractivity contribution in [3.05, 3.63) is 12.2 Å². The Kier molecular flexibility index (Phi) is 0.891. The van der Waals surface area contributed by atoms with Gasteiger partial charge in [0, 0.05) is 6.42 Å². The summed E-state index contributed by atoms with van der Waals surface area (Å²) < 4.78 is 0. The molecule has 1 N–H and O–H groups in total. The van der Waals surface area contributed by atoms with Gasteiger partial charge in [0.2, 0.25) is 5.91 Å². The largest absolute Gasteiger partial charge is 0.350 e. The van der Waals surface area contributed by atoms with Crippen LogP contribution in [0, 0.1) is 5.92 Å². The molecular formula is C7H9NO. The molecule has 0 radical (unpaired) electrons. The number of nitrogens with one attached hydrogen (secondary N) is 1. The fourth-order valence-corrected chi connectivity index (χ4v) is 1.56. The molecule has 1 fully saturated rings. The molecule has 1 aliphatic heterocycles. The lowest BCUT2D eigenvalue weighted by atomic mass is 10.0. The van der Waals surface area contributed by atoms with E-state index in [4.69, 9.17) is 0 Å². The molecule has 1 amide bonds. The molecule has 1 saturated heterocycles. The van der Waals surface area contributed by atoms with Gasteiger partial charge in [-0.15, -0.1) is 0 Å². The van der Waals surface area contributed by atoms with Crippen LogP contribution in [-0.2, 0) is 4.79 Å². The van der Waals surface area contributed by atoms with Crippen LogP contribution in [0.5, 0.6) is 0 Å². The van der Waals surface area contributed by atoms with E-state index in [1.54, 1.807) is 0 Å². The number of amides is 1. The molecule has 9 heavy (non-hydrogen) atoms. The highest BCUT2D eigenvalue weighted by Crippen LogP contribution is 2.26. The first-order valence-corrected chi connectivity index (χ1v) is 3.32. The molecule has 48 valence electrons. The van der Waals surface area contributed by atoms with Crippen LogP contribution >= 0.6 is 0 Å². The summed E-state index contributed by atoms with van der Waals surface area (Å²) in [4.78, 5) is 10.7. The summed E-state index contributed by atoms with van der Waals surface area (Å²) in [6, 6.07) is 0.373. The molecule has 2 atom stereocenters. The third-order valence-corrected chi connectivity index (χ3v) is 2.07. The zero-order chi connectivity index (χ0) is 6.27. The second kappa shape index (κ2) is 1.59. The Morgan fingerprint density at radius 1 is 1.67 bits per heavy atom. The zero-order valence-corrected chi connectivity index (χ0v) is 5.13. The molecule has 2 nitrogen and oxygen atoms in total. The van der Waals surface area contributed by atoms with E-state index in [1.807, 2.05) is 0 Å².